The van der Waals surface area contributed by atoms with Crippen molar-refractivity contribution >= 4 is 18.8 Å². The summed E-state index contributed by atoms with van der Waals surface area (Å²) in [7, 11) is 5.70. The molecular weight excluding hydrogens is 185 g/mol. The molecule has 15 heavy (non-hydrogen) atoms. The maximum Gasteiger partial charge on any atom is 0.117 e. The Bertz CT molecular complexity index is 396. The first-order chi connectivity index (χ1) is 7.29. The maximum absolute atomic E-state index is 5.70. The van der Waals surface area contributed by atoms with Crippen molar-refractivity contribution in [2.45, 2.75) is 34.6 Å². The highest BCUT2D eigenvalue weighted by molar-refractivity contribution is 6.36. The minimum Gasteiger partial charge on any atom is -0.159 e. The predicted molar refractivity (Wildman–Crippen MR) is 65.8 cm³/mol. The van der Waals surface area contributed by atoms with E-state index in [2.05, 4.69) is 10.2 Å². The number of hydrogen-bond donors (Lipinski definition) is 0. The SMILES string of the molecule is CC.CC.[B]c1ccnn2ncc(C)c12. The molecule has 4 heteroatoms. The molecule has 0 aliphatic heterocycles. The highest BCUT2D eigenvalue weighted by Crippen LogP contribution is 2.02. The smallest absolute Gasteiger partial charge is 0.117 e. The third-order valence-corrected chi connectivity index (χ3v) is 1.64. The molecule has 0 N–H and O–H groups in total. The van der Waals surface area contributed by atoms with Gasteiger partial charge in [0.2, 0.25) is 0 Å². The van der Waals surface area contributed by atoms with Crippen molar-refractivity contribution in [1.29, 1.82) is 0 Å². The number of rotatable bonds is 0. The van der Waals surface area contributed by atoms with Crippen LogP contribution in [-0.2, 0) is 0 Å². The van der Waals surface area contributed by atoms with Crippen molar-refractivity contribution in [2.75, 3.05) is 0 Å². The lowest BCUT2D eigenvalue weighted by atomic mass is 9.95. The third kappa shape index (κ3) is 3.08. The van der Waals surface area contributed by atoms with E-state index in [4.69, 9.17) is 7.85 Å². The van der Waals surface area contributed by atoms with Crippen molar-refractivity contribution in [3.05, 3.63) is 24.0 Å². The second-order valence-corrected chi connectivity index (χ2v) is 2.45. The Morgan fingerprint density at radius 2 is 1.73 bits per heavy atom. The van der Waals surface area contributed by atoms with Gasteiger partial charge in [0.15, 0.2) is 0 Å². The molecule has 0 atom stereocenters. The molecule has 0 aromatic carbocycles. The highest BCUT2D eigenvalue weighted by atomic mass is 15.4. The van der Waals surface area contributed by atoms with Crippen molar-refractivity contribution in [3.8, 4) is 0 Å². The van der Waals surface area contributed by atoms with Crippen molar-refractivity contribution in [2.24, 2.45) is 0 Å². The Morgan fingerprint density at radius 1 is 1.13 bits per heavy atom. The van der Waals surface area contributed by atoms with Crippen LogP contribution >= 0.6 is 0 Å². The molecule has 2 rings (SSSR count). The van der Waals surface area contributed by atoms with Gasteiger partial charge in [-0.3, -0.25) is 0 Å². The topological polar surface area (TPSA) is 30.2 Å². The fourth-order valence-electron chi connectivity index (χ4n) is 1.10. The average Bonchev–Trinajstić information content (AvgIpc) is 2.68. The lowest BCUT2D eigenvalue weighted by molar-refractivity contribution is 0.802. The molecule has 0 bridgehead atoms. The molecule has 2 aromatic rings. The summed E-state index contributed by atoms with van der Waals surface area (Å²) < 4.78 is 1.53. The van der Waals surface area contributed by atoms with E-state index in [9.17, 15) is 0 Å². The second kappa shape index (κ2) is 7.04. The Balaban J connectivity index is 0.000000442. The molecule has 0 saturated carbocycles. The molecule has 3 nitrogen and oxygen atoms in total. The molecule has 0 aliphatic rings. The van der Waals surface area contributed by atoms with Crippen LogP contribution in [0.4, 0.5) is 0 Å². The summed E-state index contributed by atoms with van der Waals surface area (Å²) in [6, 6.07) is 1.77. The van der Waals surface area contributed by atoms with E-state index in [1.807, 2.05) is 34.6 Å². The number of fused-ring (bicyclic) bond motifs is 1. The van der Waals surface area contributed by atoms with Gasteiger partial charge in [0.05, 0.1) is 11.7 Å². The molecule has 2 aromatic heterocycles. The standard InChI is InChI=1S/C7H6BN3.2C2H6/c1-5-4-10-11-7(5)6(8)2-3-9-11;2*1-2/h2-4H,1H3;2*1-2H3. The van der Waals surface area contributed by atoms with E-state index < -0.39 is 0 Å². The Labute approximate surface area is 92.9 Å². The van der Waals surface area contributed by atoms with Gasteiger partial charge < -0.3 is 0 Å². The van der Waals surface area contributed by atoms with E-state index in [1.54, 1.807) is 18.5 Å². The van der Waals surface area contributed by atoms with Gasteiger partial charge >= 0.3 is 0 Å². The van der Waals surface area contributed by atoms with E-state index in [1.165, 1.54) is 4.63 Å². The second-order valence-electron chi connectivity index (χ2n) is 2.45. The van der Waals surface area contributed by atoms with Crippen LogP contribution in [0.1, 0.15) is 33.3 Å². The van der Waals surface area contributed by atoms with Gasteiger partial charge in [0, 0.05) is 6.20 Å². The minimum absolute atomic E-state index is 0.718. The van der Waals surface area contributed by atoms with Crippen LogP contribution in [0.2, 0.25) is 0 Å². The van der Waals surface area contributed by atoms with E-state index in [-0.39, 0.29) is 0 Å². The first-order valence-corrected chi connectivity index (χ1v) is 5.34. The molecule has 2 heterocycles. The molecule has 0 amide bonds. The fraction of sp³-hybridized carbons (Fsp3) is 0.455. The van der Waals surface area contributed by atoms with Gasteiger partial charge in [-0.25, -0.2) is 0 Å². The summed E-state index contributed by atoms with van der Waals surface area (Å²) in [4.78, 5) is 0. The summed E-state index contributed by atoms with van der Waals surface area (Å²) in [5.41, 5.74) is 2.66. The molecule has 0 spiro atoms. The molecule has 0 fully saturated rings. The van der Waals surface area contributed by atoms with Gasteiger partial charge in [-0.1, -0.05) is 33.2 Å². The van der Waals surface area contributed by atoms with Crippen LogP contribution in [0.15, 0.2) is 18.5 Å². The van der Waals surface area contributed by atoms with E-state index >= 15 is 0 Å². The zero-order chi connectivity index (χ0) is 11.8. The summed E-state index contributed by atoms with van der Waals surface area (Å²) in [5, 5.41) is 7.99. The maximum atomic E-state index is 5.70. The first kappa shape index (κ1) is 13.7. The number of nitrogens with zero attached hydrogens (tertiary/aromatic N) is 3. The van der Waals surface area contributed by atoms with Crippen molar-refractivity contribution in [3.63, 3.8) is 0 Å². The van der Waals surface area contributed by atoms with Crippen molar-refractivity contribution < 1.29 is 0 Å². The zero-order valence-corrected chi connectivity index (χ0v) is 10.2. The monoisotopic (exact) mass is 203 g/mol. The Morgan fingerprint density at radius 3 is 2.27 bits per heavy atom. The molecular formula is C11H18BN3. The minimum atomic E-state index is 0.718. The van der Waals surface area contributed by atoms with Crippen LogP contribution in [-0.4, -0.2) is 22.7 Å². The quantitative estimate of drug-likeness (QED) is 0.612. The van der Waals surface area contributed by atoms with E-state index in [0.717, 1.165) is 16.5 Å². The van der Waals surface area contributed by atoms with Crippen molar-refractivity contribution in [1.82, 2.24) is 14.8 Å². The Kier molecular flexibility index (Phi) is 6.42. The van der Waals surface area contributed by atoms with Gasteiger partial charge in [-0.05, 0) is 18.6 Å². The molecule has 80 valence electrons. The number of aromatic nitrogens is 3. The van der Waals surface area contributed by atoms with Crippen LogP contribution in [0, 0.1) is 6.92 Å². The molecule has 0 saturated heterocycles. The number of hydrogen-bond acceptors (Lipinski definition) is 2. The van der Waals surface area contributed by atoms with Gasteiger partial charge in [0.25, 0.3) is 0 Å². The molecule has 0 unspecified atom stereocenters. The van der Waals surface area contributed by atoms with Crippen LogP contribution in [0.5, 0.6) is 0 Å². The largest absolute Gasteiger partial charge is 0.159 e. The normalized spacial score (nSPS) is 8.60. The van der Waals surface area contributed by atoms with Gasteiger partial charge in [0.1, 0.15) is 7.85 Å². The predicted octanol–water partition coefficient (Wildman–Crippen LogP) is 1.88. The lowest BCUT2D eigenvalue weighted by Crippen LogP contribution is -2.09. The van der Waals surface area contributed by atoms with Gasteiger partial charge in [-0.15, -0.1) is 0 Å². The third-order valence-electron chi connectivity index (χ3n) is 1.64. The lowest BCUT2D eigenvalue weighted by Gasteiger charge is -1.95. The summed E-state index contributed by atoms with van der Waals surface area (Å²) in [5.74, 6) is 0. The summed E-state index contributed by atoms with van der Waals surface area (Å²) in [6.45, 7) is 9.96. The number of aryl methyl sites for hydroxylation is 1. The fourth-order valence-corrected chi connectivity index (χ4v) is 1.10. The summed E-state index contributed by atoms with van der Waals surface area (Å²) >= 11 is 0. The van der Waals surface area contributed by atoms with E-state index in [0.29, 0.717) is 0 Å². The van der Waals surface area contributed by atoms with Crippen LogP contribution in [0.3, 0.4) is 0 Å². The molecule has 2 radical (unpaired) electrons. The Hall–Kier alpha value is -1.32. The van der Waals surface area contributed by atoms with Gasteiger partial charge in [-0.2, -0.15) is 14.8 Å². The van der Waals surface area contributed by atoms with Crippen LogP contribution < -0.4 is 5.46 Å². The molecule has 0 aliphatic carbocycles. The summed E-state index contributed by atoms with van der Waals surface area (Å²) in [6.07, 6.45) is 3.38. The van der Waals surface area contributed by atoms with Crippen LogP contribution in [0.25, 0.3) is 5.52 Å². The first-order valence-electron chi connectivity index (χ1n) is 5.34. The zero-order valence-electron chi connectivity index (χ0n) is 10.2. The highest BCUT2D eigenvalue weighted by Gasteiger charge is 2.00. The average molecular weight is 203 g/mol.